The molecule has 1 N–H and O–H groups in total. The van der Waals surface area contributed by atoms with Crippen molar-refractivity contribution in [1.82, 2.24) is 4.90 Å². The van der Waals surface area contributed by atoms with Gasteiger partial charge in [-0.05, 0) is 51.1 Å². The Kier molecular flexibility index (Phi) is 8.38. The van der Waals surface area contributed by atoms with Gasteiger partial charge >= 0.3 is 11.9 Å². The van der Waals surface area contributed by atoms with Crippen molar-refractivity contribution in [2.75, 3.05) is 30.6 Å². The Bertz CT molecular complexity index is 1560. The van der Waals surface area contributed by atoms with Crippen LogP contribution in [0.3, 0.4) is 0 Å². The molecule has 3 heterocycles. The van der Waals surface area contributed by atoms with Gasteiger partial charge in [0.15, 0.2) is 0 Å². The number of anilines is 2. The molecule has 4 atom stereocenters. The Morgan fingerprint density at radius 2 is 1.64 bits per heavy atom. The Hall–Kier alpha value is -2.70. The predicted molar refractivity (Wildman–Crippen MR) is 160 cm³/mol. The lowest BCUT2D eigenvalue weighted by Crippen LogP contribution is -2.54. The van der Waals surface area contributed by atoms with Gasteiger partial charge in [0.25, 0.3) is 11.8 Å². The summed E-state index contributed by atoms with van der Waals surface area (Å²) in [6.07, 6.45) is -0.838. The maximum absolute atomic E-state index is 15.2. The van der Waals surface area contributed by atoms with E-state index in [1.54, 1.807) is 20.8 Å². The van der Waals surface area contributed by atoms with Crippen LogP contribution in [0.25, 0.3) is 0 Å². The maximum atomic E-state index is 15.2. The number of rotatable bonds is 5. The van der Waals surface area contributed by atoms with Gasteiger partial charge < -0.3 is 19.7 Å². The van der Waals surface area contributed by atoms with Gasteiger partial charge in [0, 0.05) is 45.8 Å². The number of nitrogens with zero attached hydrogens (tertiary/aromatic N) is 2. The van der Waals surface area contributed by atoms with Crippen LogP contribution in [0.15, 0.2) is 30.3 Å². The summed E-state index contributed by atoms with van der Waals surface area (Å²) in [5.74, 6) is -10.0. The molecule has 1 spiro atoms. The van der Waals surface area contributed by atoms with Gasteiger partial charge in [-0.15, -0.1) is 0 Å². The first kappa shape index (κ1) is 32.7. The molecule has 5 rings (SSSR count). The van der Waals surface area contributed by atoms with E-state index >= 15 is 8.78 Å². The Labute approximate surface area is 271 Å². The van der Waals surface area contributed by atoms with Crippen molar-refractivity contribution in [2.24, 2.45) is 17.3 Å². The van der Waals surface area contributed by atoms with Crippen LogP contribution >= 0.6 is 46.4 Å². The molecule has 15 heteroatoms. The standard InChI is InChI=1S/C29H27Cl4F2N3O6/c1-27(2,3)26(42)44-12-43-24(40)21-20(23(39)37(4)16-6-13(30)5-14(31)7-16)19-10-28(34,35)11-38(19)29(21)17-8-15(32)9-18(33)22(17)36-25(29)41/h5-9,19-21H,10-12H2,1-4H3,(H,36,41)/t19?,20?,21?,29-/m1/s1. The number of hydrogen-bond acceptors (Lipinski definition) is 7. The molecule has 0 aromatic heterocycles. The van der Waals surface area contributed by atoms with Crippen molar-refractivity contribution >= 4 is 81.5 Å². The molecule has 9 nitrogen and oxygen atoms in total. The van der Waals surface area contributed by atoms with E-state index in [2.05, 4.69) is 5.32 Å². The SMILES string of the molecule is CN(C(=O)C1C2CC(F)(F)CN2[C@@]2(C(=O)Nc3c(Cl)cc(Cl)cc32)C1C(=O)OCOC(=O)C(C)(C)C)c1cc(Cl)cc(Cl)c1. The molecule has 2 fully saturated rings. The highest BCUT2D eigenvalue weighted by atomic mass is 35.5. The summed E-state index contributed by atoms with van der Waals surface area (Å²) in [7, 11) is 1.37. The lowest BCUT2D eigenvalue weighted by molar-refractivity contribution is -0.179. The van der Waals surface area contributed by atoms with Gasteiger partial charge in [0.1, 0.15) is 11.5 Å². The first-order chi connectivity index (χ1) is 20.4. The molecule has 2 saturated heterocycles. The van der Waals surface area contributed by atoms with Crippen LogP contribution in [0, 0.1) is 17.3 Å². The quantitative estimate of drug-likeness (QED) is 0.296. The maximum Gasteiger partial charge on any atom is 0.315 e. The Balaban J connectivity index is 1.66. The largest absolute Gasteiger partial charge is 0.428 e. The highest BCUT2D eigenvalue weighted by molar-refractivity contribution is 6.38. The van der Waals surface area contributed by atoms with E-state index in [1.165, 1.54) is 37.4 Å². The molecule has 0 radical (unpaired) electrons. The van der Waals surface area contributed by atoms with E-state index in [9.17, 15) is 19.2 Å². The third-order valence-electron chi connectivity index (χ3n) is 8.14. The lowest BCUT2D eigenvalue weighted by Gasteiger charge is -2.36. The second-order valence-electron chi connectivity index (χ2n) is 12.1. The molecule has 0 bridgehead atoms. The highest BCUT2D eigenvalue weighted by Gasteiger charge is 2.75. The van der Waals surface area contributed by atoms with Crippen LogP contribution in [-0.2, 0) is 34.2 Å². The number of carbonyl (C=O) groups excluding carboxylic acids is 4. The van der Waals surface area contributed by atoms with Crippen molar-refractivity contribution in [2.45, 2.75) is 44.7 Å². The molecule has 3 aliphatic heterocycles. The molecule has 2 aromatic rings. The summed E-state index contributed by atoms with van der Waals surface area (Å²) >= 11 is 25.0. The molecule has 2 aromatic carbocycles. The van der Waals surface area contributed by atoms with Crippen LogP contribution in [0.5, 0.6) is 0 Å². The molecular formula is C29H27Cl4F2N3O6. The summed E-state index contributed by atoms with van der Waals surface area (Å²) < 4.78 is 40.9. The number of esters is 2. The number of alkyl halides is 2. The average Bonchev–Trinajstić information content (AvgIpc) is 3.47. The highest BCUT2D eigenvalue weighted by Crippen LogP contribution is 2.61. The molecule has 236 valence electrons. The monoisotopic (exact) mass is 691 g/mol. The van der Waals surface area contributed by atoms with Crippen molar-refractivity contribution in [3.8, 4) is 0 Å². The van der Waals surface area contributed by atoms with Crippen LogP contribution in [0.2, 0.25) is 20.1 Å². The number of benzene rings is 2. The zero-order valence-electron chi connectivity index (χ0n) is 23.9. The molecule has 2 amide bonds. The van der Waals surface area contributed by atoms with Gasteiger partial charge in [-0.25, -0.2) is 8.78 Å². The predicted octanol–water partition coefficient (Wildman–Crippen LogP) is 6.16. The number of halogens is 6. The van der Waals surface area contributed by atoms with Gasteiger partial charge in [-0.1, -0.05) is 46.4 Å². The molecule has 3 unspecified atom stereocenters. The van der Waals surface area contributed by atoms with E-state index in [1.807, 2.05) is 0 Å². The van der Waals surface area contributed by atoms with Gasteiger partial charge in [-0.3, -0.25) is 24.1 Å². The van der Waals surface area contributed by atoms with Gasteiger partial charge in [0.2, 0.25) is 12.7 Å². The molecule has 0 saturated carbocycles. The minimum Gasteiger partial charge on any atom is -0.428 e. The lowest BCUT2D eigenvalue weighted by atomic mass is 9.73. The number of nitrogens with one attached hydrogen (secondary N) is 1. The third-order valence-corrected chi connectivity index (χ3v) is 9.10. The average molecular weight is 693 g/mol. The molecule has 3 aliphatic rings. The first-order valence-corrected chi connectivity index (χ1v) is 14.9. The van der Waals surface area contributed by atoms with E-state index in [-0.39, 0.29) is 37.0 Å². The number of carbonyl (C=O) groups is 4. The molecule has 0 aliphatic carbocycles. The minimum absolute atomic E-state index is 0.00641. The van der Waals surface area contributed by atoms with Crippen molar-refractivity contribution in [3.05, 3.63) is 56.0 Å². The van der Waals surface area contributed by atoms with Crippen molar-refractivity contribution < 1.29 is 37.4 Å². The summed E-state index contributed by atoms with van der Waals surface area (Å²) in [5.41, 5.74) is -2.77. The molecule has 44 heavy (non-hydrogen) atoms. The summed E-state index contributed by atoms with van der Waals surface area (Å²) in [5, 5.41) is 3.09. The molecular weight excluding hydrogens is 666 g/mol. The van der Waals surface area contributed by atoms with E-state index < -0.39 is 78.3 Å². The van der Waals surface area contributed by atoms with Crippen LogP contribution < -0.4 is 10.2 Å². The van der Waals surface area contributed by atoms with E-state index in [0.29, 0.717) is 0 Å². The van der Waals surface area contributed by atoms with Crippen LogP contribution in [-0.4, -0.2) is 61.0 Å². The number of fused-ring (bicyclic) bond motifs is 4. The van der Waals surface area contributed by atoms with Crippen molar-refractivity contribution in [1.29, 1.82) is 0 Å². The fraction of sp³-hybridized carbons (Fsp3) is 0.448. The van der Waals surface area contributed by atoms with Gasteiger partial charge in [-0.2, -0.15) is 0 Å². The van der Waals surface area contributed by atoms with Crippen molar-refractivity contribution in [3.63, 3.8) is 0 Å². The van der Waals surface area contributed by atoms with Gasteiger partial charge in [0.05, 0.1) is 28.6 Å². The number of ether oxygens (including phenoxy) is 2. The fourth-order valence-electron chi connectivity index (χ4n) is 6.30. The zero-order chi connectivity index (χ0) is 32.5. The zero-order valence-corrected chi connectivity index (χ0v) is 26.9. The Morgan fingerprint density at radius 1 is 1.02 bits per heavy atom. The normalized spacial score (nSPS) is 25.4. The Morgan fingerprint density at radius 3 is 2.25 bits per heavy atom. The second-order valence-corrected chi connectivity index (χ2v) is 13.8. The fourth-order valence-corrected chi connectivity index (χ4v) is 7.35. The van der Waals surface area contributed by atoms with Crippen LogP contribution in [0.4, 0.5) is 20.2 Å². The van der Waals surface area contributed by atoms with E-state index in [4.69, 9.17) is 55.9 Å². The minimum atomic E-state index is -3.32. The second kappa shape index (κ2) is 11.3. The first-order valence-electron chi connectivity index (χ1n) is 13.4. The summed E-state index contributed by atoms with van der Waals surface area (Å²) in [4.78, 5) is 57.1. The number of amides is 2. The van der Waals surface area contributed by atoms with E-state index in [0.717, 1.165) is 9.80 Å². The topological polar surface area (TPSA) is 105 Å². The number of hydrogen-bond donors (Lipinski definition) is 1. The summed E-state index contributed by atoms with van der Waals surface area (Å²) in [6, 6.07) is 5.72. The third kappa shape index (κ3) is 5.40. The summed E-state index contributed by atoms with van der Waals surface area (Å²) in [6.45, 7) is 2.99. The smallest absolute Gasteiger partial charge is 0.315 e. The van der Waals surface area contributed by atoms with Crippen LogP contribution in [0.1, 0.15) is 32.8 Å².